The van der Waals surface area contributed by atoms with E-state index >= 15 is 0 Å². The molecular weight excluding hydrogens is 434 g/mol. The molecule has 0 amide bonds. The minimum absolute atomic E-state index is 0.0276. The molecule has 0 unspecified atom stereocenters. The van der Waals surface area contributed by atoms with Gasteiger partial charge in [-0.25, -0.2) is 4.79 Å². The van der Waals surface area contributed by atoms with Gasteiger partial charge in [0, 0.05) is 6.42 Å². The summed E-state index contributed by atoms with van der Waals surface area (Å²) in [5.41, 5.74) is 4.30. The lowest BCUT2D eigenvalue weighted by Gasteiger charge is -2.38. The van der Waals surface area contributed by atoms with E-state index in [4.69, 9.17) is 18.9 Å². The summed E-state index contributed by atoms with van der Waals surface area (Å²) in [6.45, 7) is 3.42. The van der Waals surface area contributed by atoms with Gasteiger partial charge in [0.2, 0.25) is 12.5 Å². The van der Waals surface area contributed by atoms with Gasteiger partial charge in [0.1, 0.15) is 6.54 Å². The molecule has 2 aromatic rings. The number of ketones is 1. The highest BCUT2D eigenvalue weighted by Crippen LogP contribution is 2.50. The molecule has 2 aliphatic heterocycles. The number of methoxy groups -OCH3 is 2. The second-order valence-corrected chi connectivity index (χ2v) is 8.91. The van der Waals surface area contributed by atoms with Crippen LogP contribution in [0.1, 0.15) is 34.0 Å². The minimum Gasteiger partial charge on any atom is -0.492 e. The summed E-state index contributed by atoms with van der Waals surface area (Å²) in [6.07, 6.45) is 6.01. The fourth-order valence-electron chi connectivity index (χ4n) is 4.62. The monoisotopic (exact) mass is 464 g/mol. The van der Waals surface area contributed by atoms with Gasteiger partial charge in [0.15, 0.2) is 23.8 Å². The van der Waals surface area contributed by atoms with Crippen molar-refractivity contribution in [3.8, 4) is 17.2 Å². The predicted octanol–water partition coefficient (Wildman–Crippen LogP) is 3.94. The normalized spacial score (nSPS) is 19.1. The van der Waals surface area contributed by atoms with E-state index in [9.17, 15) is 9.59 Å². The lowest BCUT2D eigenvalue weighted by Crippen LogP contribution is -2.51. The molecule has 0 aliphatic carbocycles. The summed E-state index contributed by atoms with van der Waals surface area (Å²) in [7, 11) is 4.97. The molecule has 0 spiro atoms. The predicted molar refractivity (Wildman–Crippen MR) is 128 cm³/mol. The lowest BCUT2D eigenvalue weighted by molar-refractivity contribution is -0.917. The fourth-order valence-corrected chi connectivity index (χ4v) is 4.62. The van der Waals surface area contributed by atoms with E-state index in [1.807, 2.05) is 56.5 Å². The number of quaternary nitrogens is 1. The van der Waals surface area contributed by atoms with Crippen molar-refractivity contribution < 1.29 is 33.0 Å². The number of fused-ring (bicyclic) bond motifs is 2. The number of likely N-dealkylation sites (N-methyl/N-ethyl adjacent to an activating group) is 1. The fraction of sp³-hybridized carbons (Fsp3) is 0.333. The summed E-state index contributed by atoms with van der Waals surface area (Å²) in [5.74, 6) is 1.02. The van der Waals surface area contributed by atoms with Gasteiger partial charge < -0.3 is 23.4 Å². The van der Waals surface area contributed by atoms with Gasteiger partial charge >= 0.3 is 5.97 Å². The van der Waals surface area contributed by atoms with Crippen LogP contribution in [0.25, 0.3) is 6.08 Å². The topological polar surface area (TPSA) is 71.1 Å². The number of carbonyl (C=O) groups excluding carboxylic acids is 2. The molecule has 34 heavy (non-hydrogen) atoms. The second kappa shape index (κ2) is 9.73. The van der Waals surface area contributed by atoms with Crippen LogP contribution in [0.5, 0.6) is 17.2 Å². The van der Waals surface area contributed by atoms with Gasteiger partial charge in [-0.2, -0.15) is 0 Å². The Bertz CT molecular complexity index is 1170. The Balaban J connectivity index is 1.71. The molecule has 0 saturated carbocycles. The van der Waals surface area contributed by atoms with Crippen molar-refractivity contribution in [2.24, 2.45) is 0 Å². The quantitative estimate of drug-likeness (QED) is 0.203. The minimum atomic E-state index is -0.273. The largest absolute Gasteiger partial charge is 0.492 e. The summed E-state index contributed by atoms with van der Waals surface area (Å²) in [6, 6.07) is 9.95. The third kappa shape index (κ3) is 4.70. The molecule has 1 atom stereocenters. The highest BCUT2D eigenvalue weighted by atomic mass is 16.7. The van der Waals surface area contributed by atoms with Crippen molar-refractivity contribution in [1.82, 2.24) is 0 Å². The maximum Gasteiger partial charge on any atom is 0.361 e. The molecule has 0 aromatic heterocycles. The lowest BCUT2D eigenvalue weighted by atomic mass is 9.88. The van der Waals surface area contributed by atoms with Crippen LogP contribution >= 0.6 is 0 Å². The molecule has 2 heterocycles. The second-order valence-electron chi connectivity index (χ2n) is 8.91. The van der Waals surface area contributed by atoms with E-state index in [0.717, 1.165) is 22.3 Å². The first-order valence-electron chi connectivity index (χ1n) is 11.2. The Labute approximate surface area is 199 Å². The van der Waals surface area contributed by atoms with E-state index in [0.29, 0.717) is 46.8 Å². The first-order valence-corrected chi connectivity index (χ1v) is 11.2. The third-order valence-electron chi connectivity index (χ3n) is 6.31. The van der Waals surface area contributed by atoms with Crippen LogP contribution < -0.4 is 14.2 Å². The SMILES string of the molecule is COC(=O)C[N@@+]1(C)CCc2c(c(OC)c3c(c2C(=O)/C=C/C(C)=C/c2ccccc2)OCO3)C1. The van der Waals surface area contributed by atoms with Gasteiger partial charge in [0.05, 0.1) is 38.9 Å². The number of hydrogen-bond acceptors (Lipinski definition) is 6. The molecular formula is C27H30NO6+. The van der Waals surface area contributed by atoms with Crippen molar-refractivity contribution >= 4 is 17.8 Å². The molecule has 0 radical (unpaired) electrons. The van der Waals surface area contributed by atoms with E-state index < -0.39 is 0 Å². The average Bonchev–Trinajstić information content (AvgIpc) is 3.30. The zero-order chi connectivity index (χ0) is 24.3. The average molecular weight is 465 g/mol. The van der Waals surface area contributed by atoms with Crippen molar-refractivity contribution in [2.45, 2.75) is 19.9 Å². The van der Waals surface area contributed by atoms with Crippen LogP contribution in [0, 0.1) is 0 Å². The van der Waals surface area contributed by atoms with Crippen molar-refractivity contribution in [3.63, 3.8) is 0 Å². The molecule has 2 aromatic carbocycles. The maximum atomic E-state index is 13.4. The summed E-state index contributed by atoms with van der Waals surface area (Å²) in [5, 5.41) is 0. The summed E-state index contributed by atoms with van der Waals surface area (Å²) < 4.78 is 22.5. The van der Waals surface area contributed by atoms with Crippen molar-refractivity contribution in [2.75, 3.05) is 41.1 Å². The molecule has 178 valence electrons. The number of allylic oxidation sites excluding steroid dienone is 3. The molecule has 0 saturated heterocycles. The number of benzene rings is 2. The van der Waals surface area contributed by atoms with Crippen LogP contribution in [0.2, 0.25) is 0 Å². The number of ether oxygens (including phenoxy) is 4. The Kier molecular flexibility index (Phi) is 6.75. The third-order valence-corrected chi connectivity index (χ3v) is 6.31. The molecule has 0 bridgehead atoms. The molecule has 0 fully saturated rings. The number of hydrogen-bond donors (Lipinski definition) is 0. The first-order chi connectivity index (χ1) is 16.3. The zero-order valence-electron chi connectivity index (χ0n) is 20.1. The van der Waals surface area contributed by atoms with Gasteiger partial charge in [-0.15, -0.1) is 0 Å². The van der Waals surface area contributed by atoms with Gasteiger partial charge in [0.25, 0.3) is 0 Å². The number of carbonyl (C=O) groups is 2. The van der Waals surface area contributed by atoms with Gasteiger partial charge in [-0.1, -0.05) is 48.1 Å². The summed E-state index contributed by atoms with van der Waals surface area (Å²) >= 11 is 0. The van der Waals surface area contributed by atoms with Gasteiger partial charge in [-0.3, -0.25) is 4.79 Å². The standard InChI is InChI=1S/C27H30NO6/c1-18(14-19-8-6-5-7-9-19)10-11-22(29)24-20-12-13-28(2,16-23(30)31-3)15-21(20)25(32-4)27-26(24)33-17-34-27/h5-11,14H,12-13,15-17H2,1-4H3/q+1/b11-10+,18-14+/t28-/m0/s1. The van der Waals surface area contributed by atoms with Gasteiger partial charge in [-0.05, 0) is 24.1 Å². The molecule has 7 heteroatoms. The van der Waals surface area contributed by atoms with Crippen LogP contribution in [0.4, 0.5) is 0 Å². The van der Waals surface area contributed by atoms with Crippen LogP contribution in [0.3, 0.4) is 0 Å². The molecule has 0 N–H and O–H groups in total. The Morgan fingerprint density at radius 1 is 1.06 bits per heavy atom. The Morgan fingerprint density at radius 2 is 1.79 bits per heavy atom. The van der Waals surface area contributed by atoms with E-state index in [2.05, 4.69) is 0 Å². The highest BCUT2D eigenvalue weighted by molar-refractivity contribution is 6.09. The van der Waals surface area contributed by atoms with Crippen molar-refractivity contribution in [1.29, 1.82) is 0 Å². The molecule has 2 aliphatic rings. The van der Waals surface area contributed by atoms with Crippen LogP contribution in [-0.4, -0.2) is 57.4 Å². The molecule has 4 rings (SSSR count). The smallest absolute Gasteiger partial charge is 0.361 e. The van der Waals surface area contributed by atoms with E-state index in [-0.39, 0.29) is 25.1 Å². The Morgan fingerprint density at radius 3 is 2.50 bits per heavy atom. The highest BCUT2D eigenvalue weighted by Gasteiger charge is 2.40. The van der Waals surface area contributed by atoms with Crippen LogP contribution in [-0.2, 0) is 22.5 Å². The van der Waals surface area contributed by atoms with Crippen LogP contribution in [0.15, 0.2) is 48.1 Å². The summed E-state index contributed by atoms with van der Waals surface area (Å²) in [4.78, 5) is 25.5. The number of esters is 1. The van der Waals surface area contributed by atoms with Crippen molar-refractivity contribution in [3.05, 3.63) is 70.3 Å². The zero-order valence-corrected chi connectivity index (χ0v) is 20.1. The first kappa shape index (κ1) is 23.6. The Hall–Kier alpha value is -3.58. The van der Waals surface area contributed by atoms with E-state index in [1.54, 1.807) is 13.2 Å². The van der Waals surface area contributed by atoms with E-state index in [1.165, 1.54) is 7.11 Å². The number of nitrogens with zero attached hydrogens (tertiary/aromatic N) is 1. The molecule has 7 nitrogen and oxygen atoms in total. The maximum absolute atomic E-state index is 13.4. The number of rotatable bonds is 7.